The lowest BCUT2D eigenvalue weighted by atomic mass is 9.99. The van der Waals surface area contributed by atoms with Gasteiger partial charge in [0, 0.05) is 44.0 Å². The van der Waals surface area contributed by atoms with Gasteiger partial charge in [-0.05, 0) is 52.6 Å². The lowest BCUT2D eigenvalue weighted by molar-refractivity contribution is -0.128. The lowest BCUT2D eigenvalue weighted by Crippen LogP contribution is -2.57. The van der Waals surface area contributed by atoms with E-state index in [0.717, 1.165) is 6.42 Å². The van der Waals surface area contributed by atoms with E-state index in [1.54, 1.807) is 9.80 Å². The number of halogens is 2. The predicted octanol–water partition coefficient (Wildman–Crippen LogP) is 3.09. The number of rotatable bonds is 4. The Balaban J connectivity index is 1.67. The predicted molar refractivity (Wildman–Crippen MR) is 143 cm³/mol. The molecule has 5 rings (SSSR count). The number of pyridine rings is 2. The number of fused-ring (bicyclic) bond motifs is 2. The Morgan fingerprint density at radius 3 is 2.71 bits per heavy atom. The third-order valence-corrected chi connectivity index (χ3v) is 8.12. The highest BCUT2D eigenvalue weighted by Gasteiger charge is 2.46. The van der Waals surface area contributed by atoms with Crippen molar-refractivity contribution in [3.63, 3.8) is 0 Å². The van der Waals surface area contributed by atoms with Crippen LogP contribution in [-0.4, -0.2) is 101 Å². The van der Waals surface area contributed by atoms with E-state index in [-0.39, 0.29) is 63.8 Å². The summed E-state index contributed by atoms with van der Waals surface area (Å²) in [7, 11) is 4.05. The minimum atomic E-state index is -0.574. The van der Waals surface area contributed by atoms with Crippen molar-refractivity contribution in [2.45, 2.75) is 37.9 Å². The topological polar surface area (TPSA) is 82.1 Å². The summed E-state index contributed by atoms with van der Waals surface area (Å²) in [6, 6.07) is 2.63. The number of carbonyl (C=O) groups excluding carboxylic acids is 2. The highest BCUT2D eigenvalue weighted by atomic mass is 35.5. The Morgan fingerprint density at radius 2 is 2.05 bits per heavy atom. The minimum Gasteiger partial charge on any atom is -0.489 e. The Hall–Kier alpha value is -3.24. The van der Waals surface area contributed by atoms with Gasteiger partial charge in [0.2, 0.25) is 5.91 Å². The van der Waals surface area contributed by atoms with Gasteiger partial charge in [0.05, 0.1) is 6.04 Å². The molecule has 0 radical (unpaired) electrons. The number of aromatic nitrogens is 2. The number of carbonyl (C=O) groups is 2. The number of likely N-dealkylation sites (N-methyl/N-ethyl adjacent to an activating group) is 1. The first kappa shape index (κ1) is 26.4. The maximum Gasteiger partial charge on any atom is 0.261 e. The smallest absolute Gasteiger partial charge is 0.261 e. The van der Waals surface area contributed by atoms with Crippen LogP contribution in [0.3, 0.4) is 0 Å². The van der Waals surface area contributed by atoms with Crippen LogP contribution in [0.5, 0.6) is 5.75 Å². The van der Waals surface area contributed by atoms with Crippen LogP contribution in [0.4, 0.5) is 10.2 Å². The van der Waals surface area contributed by atoms with E-state index in [2.05, 4.69) is 35.2 Å². The Kier molecular flexibility index (Phi) is 6.81. The third kappa shape index (κ3) is 4.39. The van der Waals surface area contributed by atoms with Gasteiger partial charge in [-0.15, -0.1) is 0 Å². The number of anilines is 1. The van der Waals surface area contributed by atoms with Crippen LogP contribution in [0.15, 0.2) is 31.0 Å². The molecule has 2 aromatic heterocycles. The molecule has 202 valence electrons. The maximum absolute atomic E-state index is 14.9. The first-order chi connectivity index (χ1) is 18.0. The van der Waals surface area contributed by atoms with Gasteiger partial charge < -0.3 is 24.3 Å². The van der Waals surface area contributed by atoms with Crippen molar-refractivity contribution in [3.05, 3.63) is 47.4 Å². The van der Waals surface area contributed by atoms with Crippen molar-refractivity contribution < 1.29 is 18.7 Å². The van der Waals surface area contributed by atoms with Gasteiger partial charge in [-0.3, -0.25) is 14.6 Å². The molecular weight excluding hydrogens is 511 g/mol. The average Bonchev–Trinajstić information content (AvgIpc) is 3.14. The van der Waals surface area contributed by atoms with Gasteiger partial charge in [-0.2, -0.15) is 0 Å². The van der Waals surface area contributed by atoms with Crippen molar-refractivity contribution in [2.75, 3.05) is 51.8 Å². The van der Waals surface area contributed by atoms with E-state index >= 15 is 0 Å². The highest BCUT2D eigenvalue weighted by Crippen LogP contribution is 2.46. The summed E-state index contributed by atoms with van der Waals surface area (Å²) in [4.78, 5) is 43.1. The van der Waals surface area contributed by atoms with E-state index in [9.17, 15) is 14.0 Å². The Labute approximate surface area is 226 Å². The van der Waals surface area contributed by atoms with Gasteiger partial charge in [-0.25, -0.2) is 9.37 Å². The van der Waals surface area contributed by atoms with Crippen LogP contribution in [-0.2, 0) is 4.79 Å². The van der Waals surface area contributed by atoms with E-state index in [0.29, 0.717) is 32.0 Å². The van der Waals surface area contributed by atoms with E-state index in [1.165, 1.54) is 24.4 Å². The number of ether oxygens (including phenoxy) is 1. The van der Waals surface area contributed by atoms with Crippen LogP contribution in [0.2, 0.25) is 5.02 Å². The molecule has 3 aliphatic rings. The van der Waals surface area contributed by atoms with E-state index in [4.69, 9.17) is 21.3 Å². The second kappa shape index (κ2) is 9.81. The summed E-state index contributed by atoms with van der Waals surface area (Å²) in [6.07, 6.45) is 3.58. The lowest BCUT2D eigenvalue weighted by Gasteiger charge is -2.40. The molecule has 11 heteroatoms. The fraction of sp³-hybridized carbons (Fsp3) is 0.481. The molecule has 38 heavy (non-hydrogen) atoms. The molecule has 0 aliphatic carbocycles. The van der Waals surface area contributed by atoms with Crippen LogP contribution < -0.4 is 9.64 Å². The molecule has 2 atom stereocenters. The zero-order valence-corrected chi connectivity index (χ0v) is 22.8. The molecule has 0 bridgehead atoms. The van der Waals surface area contributed by atoms with Gasteiger partial charge in [-0.1, -0.05) is 18.2 Å². The molecular formula is C27H32ClFN6O3. The van der Waals surface area contributed by atoms with Gasteiger partial charge in [0.25, 0.3) is 5.91 Å². The van der Waals surface area contributed by atoms with Crippen LogP contribution in [0.25, 0.3) is 11.4 Å². The van der Waals surface area contributed by atoms with Crippen molar-refractivity contribution in [1.82, 2.24) is 24.7 Å². The maximum atomic E-state index is 14.9. The second-order valence-electron chi connectivity index (χ2n) is 10.8. The fourth-order valence-corrected chi connectivity index (χ4v) is 5.90. The van der Waals surface area contributed by atoms with Crippen LogP contribution in [0.1, 0.15) is 30.6 Å². The van der Waals surface area contributed by atoms with Gasteiger partial charge in [0.15, 0.2) is 11.6 Å². The summed E-state index contributed by atoms with van der Waals surface area (Å²) >= 11 is 6.83. The number of nitrogens with zero attached hydrogens (tertiary/aromatic N) is 6. The van der Waals surface area contributed by atoms with Crippen molar-refractivity contribution in [2.24, 2.45) is 0 Å². The summed E-state index contributed by atoms with van der Waals surface area (Å²) in [6.45, 7) is 9.55. The first-order valence-corrected chi connectivity index (χ1v) is 13.0. The zero-order chi connectivity index (χ0) is 27.4. The molecule has 3 aliphatic heterocycles. The normalized spacial score (nSPS) is 22.6. The van der Waals surface area contributed by atoms with E-state index in [1.807, 2.05) is 14.1 Å². The second-order valence-corrected chi connectivity index (χ2v) is 11.2. The molecule has 5 heterocycles. The standard InChI is InChI=1S/C27H32ClFN6O3/c1-6-19(36)33-10-11-34-17(13-33)15-38-24-20(26(34)37)25(35-14-16(32(4)5)12-27(35,2)3)31-23(21(24)28)22-18(29)8-7-9-30-22/h6-9,16-17H,1,10-15H2,2-5H3/t16?,17-/m1/s1. The van der Waals surface area contributed by atoms with Crippen molar-refractivity contribution in [3.8, 4) is 17.1 Å². The van der Waals surface area contributed by atoms with Gasteiger partial charge in [0.1, 0.15) is 34.4 Å². The van der Waals surface area contributed by atoms with E-state index < -0.39 is 5.82 Å². The summed E-state index contributed by atoms with van der Waals surface area (Å²) < 4.78 is 21.2. The average molecular weight is 543 g/mol. The molecule has 0 saturated carbocycles. The highest BCUT2D eigenvalue weighted by molar-refractivity contribution is 6.35. The molecule has 2 amide bonds. The first-order valence-electron chi connectivity index (χ1n) is 12.7. The third-order valence-electron chi connectivity index (χ3n) is 7.77. The molecule has 1 unspecified atom stereocenters. The summed E-state index contributed by atoms with van der Waals surface area (Å²) in [5.74, 6) is -0.470. The molecule has 0 spiro atoms. The molecule has 9 nitrogen and oxygen atoms in total. The monoisotopic (exact) mass is 542 g/mol. The minimum absolute atomic E-state index is 0.0107. The quantitative estimate of drug-likeness (QED) is 0.549. The fourth-order valence-electron chi connectivity index (χ4n) is 5.62. The Bertz CT molecular complexity index is 1300. The Morgan fingerprint density at radius 1 is 1.29 bits per heavy atom. The van der Waals surface area contributed by atoms with Crippen LogP contribution in [0, 0.1) is 5.82 Å². The molecule has 0 N–H and O–H groups in total. The number of piperazine rings is 1. The molecule has 2 fully saturated rings. The number of hydrogen-bond donors (Lipinski definition) is 0. The van der Waals surface area contributed by atoms with Crippen molar-refractivity contribution in [1.29, 1.82) is 0 Å². The van der Waals surface area contributed by atoms with Gasteiger partial charge >= 0.3 is 0 Å². The number of hydrogen-bond acceptors (Lipinski definition) is 7. The van der Waals surface area contributed by atoms with Crippen LogP contribution >= 0.6 is 11.6 Å². The summed E-state index contributed by atoms with van der Waals surface area (Å²) in [5, 5.41) is 0.0368. The molecule has 0 aromatic carbocycles. The number of amides is 2. The largest absolute Gasteiger partial charge is 0.489 e. The molecule has 2 saturated heterocycles. The van der Waals surface area contributed by atoms with Crippen molar-refractivity contribution >= 4 is 29.2 Å². The summed E-state index contributed by atoms with van der Waals surface area (Å²) in [5.41, 5.74) is 0.0145. The molecule has 2 aromatic rings. The SMILES string of the molecule is C=CC(=O)N1CCN2C(=O)c3c(N4CC(N(C)C)CC4(C)C)nc(-c4ncccc4F)c(Cl)c3OC[C@H]2C1. The zero-order valence-electron chi connectivity index (χ0n) is 22.1.